The lowest BCUT2D eigenvalue weighted by atomic mass is 10.3. The Balaban J connectivity index is 1.65. The molecule has 0 unspecified atom stereocenters. The van der Waals surface area contributed by atoms with Crippen molar-refractivity contribution in [3.63, 3.8) is 0 Å². The zero-order valence-electron chi connectivity index (χ0n) is 13.0. The van der Waals surface area contributed by atoms with Crippen LogP contribution in [0.1, 0.15) is 10.5 Å². The number of nitrogens with zero attached hydrogens (tertiary/aromatic N) is 2. The molecule has 26 heavy (non-hydrogen) atoms. The van der Waals surface area contributed by atoms with Crippen molar-refractivity contribution < 1.29 is 9.59 Å². The fourth-order valence-electron chi connectivity index (χ4n) is 1.94. The number of hydrogen-bond donors (Lipinski definition) is 3. The summed E-state index contributed by atoms with van der Waals surface area (Å²) in [7, 11) is 0. The quantitative estimate of drug-likeness (QED) is 0.581. The van der Waals surface area contributed by atoms with Gasteiger partial charge in [0.25, 0.3) is 5.91 Å². The van der Waals surface area contributed by atoms with Crippen LogP contribution in [0.25, 0.3) is 0 Å². The summed E-state index contributed by atoms with van der Waals surface area (Å²) < 4.78 is 3.72. The average molecular weight is 408 g/mol. The van der Waals surface area contributed by atoms with E-state index in [1.165, 1.54) is 0 Å². The second kappa shape index (κ2) is 8.13. The van der Waals surface area contributed by atoms with Crippen molar-refractivity contribution >= 4 is 63.0 Å². The molecule has 0 spiro atoms. The molecule has 0 atom stereocenters. The molecule has 0 fully saturated rings. The number of aromatic nitrogens is 2. The molecule has 0 aliphatic heterocycles. The van der Waals surface area contributed by atoms with Crippen LogP contribution in [0.15, 0.2) is 48.5 Å². The van der Waals surface area contributed by atoms with E-state index in [1.807, 2.05) is 0 Å². The Morgan fingerprint density at radius 2 is 1.35 bits per heavy atom. The van der Waals surface area contributed by atoms with Crippen LogP contribution >= 0.6 is 34.7 Å². The molecule has 7 nitrogen and oxygen atoms in total. The topological polar surface area (TPSA) is 96.0 Å². The molecule has 1 aromatic heterocycles. The summed E-state index contributed by atoms with van der Waals surface area (Å²) in [5.74, 6) is -0.497. The summed E-state index contributed by atoms with van der Waals surface area (Å²) in [6.45, 7) is 0. The molecular formula is C16H11Cl2N5O2S. The first-order chi connectivity index (χ1) is 12.5. The molecule has 1 heterocycles. The van der Waals surface area contributed by atoms with Crippen molar-refractivity contribution in [3.05, 3.63) is 64.3 Å². The van der Waals surface area contributed by atoms with Crippen LogP contribution in [-0.2, 0) is 0 Å². The predicted octanol–water partition coefficient (Wildman–Crippen LogP) is 4.74. The molecule has 3 aromatic rings. The number of benzene rings is 2. The van der Waals surface area contributed by atoms with E-state index in [0.717, 1.165) is 11.5 Å². The third-order valence-electron chi connectivity index (χ3n) is 3.13. The summed E-state index contributed by atoms with van der Waals surface area (Å²) >= 11 is 12.5. The summed E-state index contributed by atoms with van der Waals surface area (Å²) in [5.41, 5.74) is 1.11. The lowest BCUT2D eigenvalue weighted by molar-refractivity contribution is 0.102. The second-order valence-electron chi connectivity index (χ2n) is 5.00. The van der Waals surface area contributed by atoms with Gasteiger partial charge in [-0.2, -0.15) is 0 Å². The third kappa shape index (κ3) is 4.69. The molecule has 10 heteroatoms. The molecule has 3 N–H and O–H groups in total. The van der Waals surface area contributed by atoms with E-state index in [4.69, 9.17) is 23.2 Å². The van der Waals surface area contributed by atoms with E-state index in [1.54, 1.807) is 48.5 Å². The van der Waals surface area contributed by atoms with Crippen LogP contribution in [0.3, 0.4) is 0 Å². The summed E-state index contributed by atoms with van der Waals surface area (Å²) in [6, 6.07) is 12.7. The zero-order chi connectivity index (χ0) is 18.5. The summed E-state index contributed by atoms with van der Waals surface area (Å²) in [4.78, 5) is 24.4. The van der Waals surface area contributed by atoms with Crippen LogP contribution in [0.4, 0.5) is 21.2 Å². The Labute approximate surface area is 162 Å². The predicted molar refractivity (Wildman–Crippen MR) is 103 cm³/mol. The first-order valence-corrected chi connectivity index (χ1v) is 8.77. The van der Waals surface area contributed by atoms with Crippen LogP contribution in [0, 0.1) is 0 Å². The molecule has 3 rings (SSSR count). The molecule has 0 aliphatic carbocycles. The smallest absolute Gasteiger partial charge is 0.320 e. The minimum atomic E-state index is -0.529. The Morgan fingerprint density at radius 1 is 0.808 bits per heavy atom. The number of amides is 3. The first kappa shape index (κ1) is 18.1. The number of carbonyl (C=O) groups is 2. The highest BCUT2D eigenvalue weighted by Crippen LogP contribution is 2.21. The fraction of sp³-hybridized carbons (Fsp3) is 0. The number of anilines is 3. The standard InChI is InChI=1S/C16H11Cl2N5O2S/c17-9-1-5-11(6-2-9)19-14(24)13-15(26-23-22-13)21-16(25)20-12-7-3-10(18)4-8-12/h1-8H,(H,19,24)(H2,20,21,25). The lowest BCUT2D eigenvalue weighted by Crippen LogP contribution is -2.21. The second-order valence-corrected chi connectivity index (χ2v) is 6.62. The fourth-order valence-corrected chi connectivity index (χ4v) is 2.76. The monoisotopic (exact) mass is 407 g/mol. The van der Waals surface area contributed by atoms with Crippen molar-refractivity contribution in [1.29, 1.82) is 0 Å². The molecule has 0 saturated heterocycles. The van der Waals surface area contributed by atoms with Gasteiger partial charge in [0.05, 0.1) is 0 Å². The molecule has 0 saturated carbocycles. The third-order valence-corrected chi connectivity index (χ3v) is 4.28. The van der Waals surface area contributed by atoms with Gasteiger partial charge in [-0.3, -0.25) is 10.1 Å². The highest BCUT2D eigenvalue weighted by atomic mass is 35.5. The maximum Gasteiger partial charge on any atom is 0.324 e. The first-order valence-electron chi connectivity index (χ1n) is 7.24. The number of rotatable bonds is 4. The van der Waals surface area contributed by atoms with Gasteiger partial charge < -0.3 is 10.6 Å². The van der Waals surface area contributed by atoms with Gasteiger partial charge in [0, 0.05) is 33.0 Å². The zero-order valence-corrected chi connectivity index (χ0v) is 15.3. The number of hydrogen-bond acceptors (Lipinski definition) is 5. The highest BCUT2D eigenvalue weighted by Gasteiger charge is 2.18. The molecule has 3 amide bonds. The van der Waals surface area contributed by atoms with E-state index in [9.17, 15) is 9.59 Å². The number of nitrogens with one attached hydrogen (secondary N) is 3. The van der Waals surface area contributed by atoms with Gasteiger partial charge in [-0.15, -0.1) is 5.10 Å². The van der Waals surface area contributed by atoms with Crippen molar-refractivity contribution in [2.45, 2.75) is 0 Å². The average Bonchev–Trinajstić information content (AvgIpc) is 3.07. The van der Waals surface area contributed by atoms with Gasteiger partial charge in [0.2, 0.25) is 0 Å². The molecule has 0 bridgehead atoms. The minimum Gasteiger partial charge on any atom is -0.320 e. The van der Waals surface area contributed by atoms with E-state index in [-0.39, 0.29) is 10.7 Å². The molecule has 0 aliphatic rings. The van der Waals surface area contributed by atoms with Gasteiger partial charge in [-0.05, 0) is 48.5 Å². The Hall–Kier alpha value is -2.68. The van der Waals surface area contributed by atoms with E-state index < -0.39 is 11.9 Å². The molecule has 2 aromatic carbocycles. The van der Waals surface area contributed by atoms with Gasteiger partial charge >= 0.3 is 6.03 Å². The minimum absolute atomic E-state index is 0.0104. The van der Waals surface area contributed by atoms with Gasteiger partial charge in [0.1, 0.15) is 0 Å². The van der Waals surface area contributed by atoms with Crippen LogP contribution in [0.5, 0.6) is 0 Å². The van der Waals surface area contributed by atoms with Crippen molar-refractivity contribution in [2.24, 2.45) is 0 Å². The summed E-state index contributed by atoms with van der Waals surface area (Å²) in [6.07, 6.45) is 0. The van der Waals surface area contributed by atoms with Crippen LogP contribution in [0.2, 0.25) is 10.0 Å². The largest absolute Gasteiger partial charge is 0.324 e. The van der Waals surface area contributed by atoms with Gasteiger partial charge in [0.15, 0.2) is 10.7 Å². The van der Waals surface area contributed by atoms with Crippen molar-refractivity contribution in [3.8, 4) is 0 Å². The number of urea groups is 1. The maximum atomic E-state index is 12.3. The normalized spacial score (nSPS) is 10.2. The highest BCUT2D eigenvalue weighted by molar-refractivity contribution is 7.10. The Kier molecular flexibility index (Phi) is 5.67. The lowest BCUT2D eigenvalue weighted by Gasteiger charge is -2.07. The number of halogens is 2. The van der Waals surface area contributed by atoms with Gasteiger partial charge in [-0.1, -0.05) is 27.7 Å². The molecular weight excluding hydrogens is 397 g/mol. The number of carbonyl (C=O) groups excluding carboxylic acids is 2. The van der Waals surface area contributed by atoms with E-state index in [2.05, 4.69) is 25.5 Å². The maximum absolute atomic E-state index is 12.3. The van der Waals surface area contributed by atoms with Crippen molar-refractivity contribution in [1.82, 2.24) is 9.59 Å². The summed E-state index contributed by atoms with van der Waals surface area (Å²) in [5, 5.41) is 13.0. The SMILES string of the molecule is O=C(Nc1ccc(Cl)cc1)Nc1snnc1C(=O)Nc1ccc(Cl)cc1. The van der Waals surface area contributed by atoms with Crippen molar-refractivity contribution in [2.75, 3.05) is 16.0 Å². The molecule has 0 radical (unpaired) electrons. The van der Waals surface area contributed by atoms with E-state index in [0.29, 0.717) is 21.4 Å². The molecule has 132 valence electrons. The van der Waals surface area contributed by atoms with Crippen LogP contribution < -0.4 is 16.0 Å². The van der Waals surface area contributed by atoms with E-state index >= 15 is 0 Å². The Bertz CT molecular complexity index is 929. The van der Waals surface area contributed by atoms with Gasteiger partial charge in [-0.25, -0.2) is 4.79 Å². The van der Waals surface area contributed by atoms with Crippen LogP contribution in [-0.4, -0.2) is 21.5 Å². The Morgan fingerprint density at radius 3 is 1.92 bits per heavy atom.